The first-order chi connectivity index (χ1) is 11.6. The van der Waals surface area contributed by atoms with Gasteiger partial charge < -0.3 is 5.32 Å². The summed E-state index contributed by atoms with van der Waals surface area (Å²) in [5.41, 5.74) is 3.04. The number of aliphatic imine (C=N–C) groups is 1. The Hall–Kier alpha value is -1.46. The van der Waals surface area contributed by atoms with Crippen LogP contribution in [0.3, 0.4) is 0 Å². The Kier molecular flexibility index (Phi) is 5.85. The maximum atomic E-state index is 6.07. The first-order valence-corrected chi connectivity index (χ1v) is 9.65. The number of nitrogens with one attached hydrogen (secondary N) is 1. The molecule has 0 atom stereocenters. The minimum atomic E-state index is 0.697. The van der Waals surface area contributed by atoms with Crippen molar-refractivity contribution in [3.05, 3.63) is 39.4 Å². The minimum Gasteiger partial charge on any atom is -0.339 e. The van der Waals surface area contributed by atoms with Crippen molar-refractivity contribution in [3.63, 3.8) is 0 Å². The zero-order valence-electron chi connectivity index (χ0n) is 14.2. The van der Waals surface area contributed by atoms with Crippen LogP contribution in [0.2, 0.25) is 5.02 Å². The predicted molar refractivity (Wildman–Crippen MR) is 102 cm³/mol. The van der Waals surface area contributed by atoms with Crippen LogP contribution in [0.1, 0.15) is 48.2 Å². The van der Waals surface area contributed by atoms with E-state index in [2.05, 4.69) is 14.9 Å². The highest BCUT2D eigenvalue weighted by molar-refractivity contribution is 7.08. The summed E-state index contributed by atoms with van der Waals surface area (Å²) in [7, 11) is 0. The molecule has 1 saturated carbocycles. The van der Waals surface area contributed by atoms with Gasteiger partial charge in [0.1, 0.15) is 10.7 Å². The number of amidine groups is 1. The monoisotopic (exact) mass is 362 g/mol. The number of hydrogen-bond donors (Lipinski definition) is 1. The van der Waals surface area contributed by atoms with Gasteiger partial charge in [-0.15, -0.1) is 5.10 Å². The highest BCUT2D eigenvalue weighted by atomic mass is 35.5. The second-order valence-corrected chi connectivity index (χ2v) is 7.66. The first kappa shape index (κ1) is 17.4. The van der Waals surface area contributed by atoms with E-state index in [1.54, 1.807) is 0 Å². The van der Waals surface area contributed by atoms with E-state index < -0.39 is 0 Å². The van der Waals surface area contributed by atoms with Gasteiger partial charge in [-0.2, -0.15) is 0 Å². The lowest BCUT2D eigenvalue weighted by Crippen LogP contribution is -2.18. The van der Waals surface area contributed by atoms with Crippen LogP contribution in [0.15, 0.2) is 23.2 Å². The molecule has 1 aromatic heterocycles. The van der Waals surface area contributed by atoms with Gasteiger partial charge in [-0.1, -0.05) is 35.4 Å². The molecule has 1 aliphatic carbocycles. The molecule has 6 heteroatoms. The van der Waals surface area contributed by atoms with Gasteiger partial charge in [-0.25, -0.2) is 0 Å². The van der Waals surface area contributed by atoms with Crippen LogP contribution in [0.5, 0.6) is 0 Å². The van der Waals surface area contributed by atoms with Crippen molar-refractivity contribution >= 4 is 34.7 Å². The van der Waals surface area contributed by atoms with E-state index in [0.29, 0.717) is 5.92 Å². The van der Waals surface area contributed by atoms with Crippen molar-refractivity contribution in [2.45, 2.75) is 46.0 Å². The summed E-state index contributed by atoms with van der Waals surface area (Å²) in [4.78, 5) is 5.93. The maximum Gasteiger partial charge on any atom is 0.146 e. The molecule has 3 rings (SSSR count). The fourth-order valence-corrected chi connectivity index (χ4v) is 3.95. The number of benzene rings is 1. The third kappa shape index (κ3) is 4.33. The molecular formula is C18H23ClN4S. The molecule has 1 fully saturated rings. The number of halogens is 1. The molecule has 1 N–H and O–H groups in total. The van der Waals surface area contributed by atoms with E-state index >= 15 is 0 Å². The highest BCUT2D eigenvalue weighted by Gasteiger charge is 2.16. The van der Waals surface area contributed by atoms with Crippen molar-refractivity contribution in [1.82, 2.24) is 9.59 Å². The molecular weight excluding hydrogens is 340 g/mol. The van der Waals surface area contributed by atoms with Crippen LogP contribution in [0.4, 0.5) is 5.69 Å². The average Bonchev–Trinajstić information content (AvgIpc) is 3.00. The van der Waals surface area contributed by atoms with Crippen molar-refractivity contribution in [1.29, 1.82) is 0 Å². The Morgan fingerprint density at radius 1 is 1.29 bits per heavy atom. The normalized spacial score (nSPS) is 16.4. The average molecular weight is 363 g/mol. The molecule has 0 amide bonds. The van der Waals surface area contributed by atoms with Crippen LogP contribution in [0, 0.1) is 19.8 Å². The van der Waals surface area contributed by atoms with Crippen molar-refractivity contribution < 1.29 is 0 Å². The molecule has 1 aliphatic rings. The Morgan fingerprint density at radius 2 is 2.08 bits per heavy atom. The number of aryl methyl sites for hydroxylation is 2. The number of anilines is 1. The quantitative estimate of drug-likeness (QED) is 0.597. The molecule has 0 spiro atoms. The number of aromatic nitrogens is 2. The lowest BCUT2D eigenvalue weighted by atomic mass is 9.89. The zero-order chi connectivity index (χ0) is 16.9. The molecule has 0 radical (unpaired) electrons. The molecule has 1 heterocycles. The number of rotatable bonds is 4. The lowest BCUT2D eigenvalue weighted by Gasteiger charge is -2.20. The first-order valence-electron chi connectivity index (χ1n) is 8.50. The van der Waals surface area contributed by atoms with E-state index in [9.17, 15) is 0 Å². The van der Waals surface area contributed by atoms with Crippen LogP contribution < -0.4 is 5.32 Å². The Bertz CT molecular complexity index is 720. The predicted octanol–water partition coefficient (Wildman–Crippen LogP) is 5.25. The molecule has 1 aromatic carbocycles. The van der Waals surface area contributed by atoms with Crippen LogP contribution >= 0.6 is 23.1 Å². The van der Waals surface area contributed by atoms with Crippen molar-refractivity contribution in [2.24, 2.45) is 10.9 Å². The van der Waals surface area contributed by atoms with Crippen LogP contribution in [-0.4, -0.2) is 22.0 Å². The van der Waals surface area contributed by atoms with Gasteiger partial charge in [-0.3, -0.25) is 4.99 Å². The van der Waals surface area contributed by atoms with Gasteiger partial charge >= 0.3 is 0 Å². The van der Waals surface area contributed by atoms with Gasteiger partial charge in [0.05, 0.1) is 5.69 Å². The molecule has 4 nitrogen and oxygen atoms in total. The third-order valence-corrected chi connectivity index (χ3v) is 5.61. The summed E-state index contributed by atoms with van der Waals surface area (Å²) >= 11 is 7.46. The maximum absolute atomic E-state index is 6.07. The zero-order valence-corrected chi connectivity index (χ0v) is 15.8. The summed E-state index contributed by atoms with van der Waals surface area (Å²) < 4.78 is 4.07. The summed E-state index contributed by atoms with van der Waals surface area (Å²) in [5, 5.41) is 8.36. The second-order valence-electron chi connectivity index (χ2n) is 6.47. The van der Waals surface area contributed by atoms with E-state index in [0.717, 1.165) is 39.2 Å². The van der Waals surface area contributed by atoms with Gasteiger partial charge in [0, 0.05) is 17.3 Å². The molecule has 0 saturated heterocycles. The van der Waals surface area contributed by atoms with Crippen molar-refractivity contribution in [2.75, 3.05) is 11.9 Å². The van der Waals surface area contributed by atoms with E-state index in [-0.39, 0.29) is 0 Å². The summed E-state index contributed by atoms with van der Waals surface area (Å²) in [5.74, 6) is 1.57. The molecule has 0 bridgehead atoms. The number of nitrogens with zero attached hydrogens (tertiary/aromatic N) is 3. The van der Waals surface area contributed by atoms with Gasteiger partial charge in [0.25, 0.3) is 0 Å². The second kappa shape index (κ2) is 8.08. The highest BCUT2D eigenvalue weighted by Crippen LogP contribution is 2.25. The van der Waals surface area contributed by atoms with Crippen LogP contribution in [-0.2, 0) is 0 Å². The van der Waals surface area contributed by atoms with Gasteiger partial charge in [-0.05, 0) is 67.9 Å². The summed E-state index contributed by atoms with van der Waals surface area (Å²) in [6.45, 7) is 4.89. The van der Waals surface area contributed by atoms with Crippen molar-refractivity contribution in [3.8, 4) is 0 Å². The molecule has 0 unspecified atom stereocenters. The summed E-state index contributed by atoms with van der Waals surface area (Å²) in [6.07, 6.45) is 6.61. The largest absolute Gasteiger partial charge is 0.339 e. The minimum absolute atomic E-state index is 0.697. The fourth-order valence-electron chi connectivity index (χ4n) is 3.10. The van der Waals surface area contributed by atoms with E-state index in [4.69, 9.17) is 16.6 Å². The van der Waals surface area contributed by atoms with E-state index in [1.807, 2.05) is 32.0 Å². The number of hydrogen-bond acceptors (Lipinski definition) is 4. The molecule has 2 aromatic rings. The van der Waals surface area contributed by atoms with Crippen LogP contribution in [0.25, 0.3) is 0 Å². The standard InChI is InChI=1S/C18H23ClN4S/c1-12-10-15(19)8-9-16(12)21-18(17-13(2)22-23-24-17)20-11-14-6-4-3-5-7-14/h8-10,14H,3-7,11H2,1-2H3,(H,20,21). The SMILES string of the molecule is Cc1cc(Cl)ccc1NC(=NCC1CCCCC1)c1snnc1C. The van der Waals surface area contributed by atoms with E-state index in [1.165, 1.54) is 43.6 Å². The molecule has 128 valence electrons. The fraction of sp³-hybridized carbons (Fsp3) is 0.500. The molecule has 24 heavy (non-hydrogen) atoms. The molecule has 0 aliphatic heterocycles. The van der Waals surface area contributed by atoms with Gasteiger partial charge in [0.2, 0.25) is 0 Å². The lowest BCUT2D eigenvalue weighted by molar-refractivity contribution is 0.367. The Morgan fingerprint density at radius 3 is 2.75 bits per heavy atom. The van der Waals surface area contributed by atoms with Gasteiger partial charge in [0.15, 0.2) is 0 Å². The topological polar surface area (TPSA) is 50.2 Å². The third-order valence-electron chi connectivity index (χ3n) is 4.54. The Balaban J connectivity index is 1.83. The smallest absolute Gasteiger partial charge is 0.146 e. The summed E-state index contributed by atoms with van der Waals surface area (Å²) in [6, 6.07) is 5.85. The Labute approximate surface area is 152 Å².